The lowest BCUT2D eigenvalue weighted by Gasteiger charge is -1.99. The number of aromatic amines is 1. The number of H-pyrrole nitrogens is 1. The van der Waals surface area contributed by atoms with Gasteiger partial charge in [0.05, 0.1) is 5.56 Å². The lowest BCUT2D eigenvalue weighted by atomic mass is 10.1. The minimum Gasteiger partial charge on any atom is -0.366 e. The number of aromatic nitrogens is 3. The van der Waals surface area contributed by atoms with Gasteiger partial charge >= 0.3 is 0 Å². The second-order valence-electron chi connectivity index (χ2n) is 3.03. The van der Waals surface area contributed by atoms with Crippen LogP contribution in [-0.2, 0) is 0 Å². The van der Waals surface area contributed by atoms with Crippen LogP contribution in [0.5, 0.6) is 0 Å². The van der Waals surface area contributed by atoms with Crippen molar-refractivity contribution in [3.63, 3.8) is 0 Å². The van der Waals surface area contributed by atoms with Gasteiger partial charge in [-0.1, -0.05) is 11.6 Å². The number of rotatable bonds is 1. The molecule has 0 amide bonds. The van der Waals surface area contributed by atoms with Crippen LogP contribution in [0.3, 0.4) is 0 Å². The molecule has 0 bridgehead atoms. The van der Waals surface area contributed by atoms with Gasteiger partial charge in [0, 0.05) is 0 Å². The lowest BCUT2D eigenvalue weighted by molar-refractivity contribution is 0.629. The molecular formula is C9H9FN4. The number of anilines is 1. The number of nitrogens with zero attached hydrogens (tertiary/aromatic N) is 2. The molecule has 72 valence electrons. The van der Waals surface area contributed by atoms with Gasteiger partial charge in [0.15, 0.2) is 5.82 Å². The number of aryl methyl sites for hydroxylation is 1. The third-order valence-corrected chi connectivity index (χ3v) is 1.88. The maximum absolute atomic E-state index is 13.3. The van der Waals surface area contributed by atoms with Crippen molar-refractivity contribution in [3.8, 4) is 11.4 Å². The second kappa shape index (κ2) is 3.10. The molecule has 1 heterocycles. The molecule has 0 saturated heterocycles. The summed E-state index contributed by atoms with van der Waals surface area (Å²) in [4.78, 5) is 3.85. The molecule has 1 aromatic heterocycles. The van der Waals surface area contributed by atoms with Crippen molar-refractivity contribution in [2.45, 2.75) is 6.92 Å². The van der Waals surface area contributed by atoms with Crippen LogP contribution in [0.2, 0.25) is 0 Å². The van der Waals surface area contributed by atoms with Crippen molar-refractivity contribution >= 4 is 5.95 Å². The minimum atomic E-state index is -0.341. The highest BCUT2D eigenvalue weighted by Gasteiger charge is 2.08. The SMILES string of the molecule is Cc1ccc(F)c(-c2nc(N)n[nH]2)c1. The van der Waals surface area contributed by atoms with Gasteiger partial charge in [-0.05, 0) is 19.1 Å². The Morgan fingerprint density at radius 2 is 2.21 bits per heavy atom. The molecule has 0 unspecified atom stereocenters. The molecule has 0 aliphatic carbocycles. The predicted molar refractivity (Wildman–Crippen MR) is 50.9 cm³/mol. The van der Waals surface area contributed by atoms with Crippen molar-refractivity contribution in [2.24, 2.45) is 0 Å². The fourth-order valence-electron chi connectivity index (χ4n) is 1.22. The molecule has 1 aromatic carbocycles. The zero-order chi connectivity index (χ0) is 10.1. The van der Waals surface area contributed by atoms with Gasteiger partial charge in [-0.2, -0.15) is 4.98 Å². The number of nitrogen functional groups attached to an aromatic ring is 1. The van der Waals surface area contributed by atoms with E-state index in [9.17, 15) is 4.39 Å². The first-order valence-electron chi connectivity index (χ1n) is 4.11. The largest absolute Gasteiger partial charge is 0.366 e. The average molecular weight is 192 g/mol. The third-order valence-electron chi connectivity index (χ3n) is 1.88. The van der Waals surface area contributed by atoms with Crippen LogP contribution in [0.15, 0.2) is 18.2 Å². The van der Waals surface area contributed by atoms with Gasteiger partial charge in [0.1, 0.15) is 5.82 Å². The Labute approximate surface area is 80.0 Å². The molecule has 5 heteroatoms. The number of nitrogens with one attached hydrogen (secondary N) is 1. The van der Waals surface area contributed by atoms with E-state index >= 15 is 0 Å². The molecule has 0 radical (unpaired) electrons. The molecule has 0 atom stereocenters. The van der Waals surface area contributed by atoms with Crippen molar-refractivity contribution in [1.82, 2.24) is 15.2 Å². The number of benzene rings is 1. The van der Waals surface area contributed by atoms with Gasteiger partial charge in [0.2, 0.25) is 5.95 Å². The van der Waals surface area contributed by atoms with Gasteiger partial charge in [-0.15, -0.1) is 5.10 Å². The van der Waals surface area contributed by atoms with E-state index in [1.807, 2.05) is 6.92 Å². The van der Waals surface area contributed by atoms with Crippen LogP contribution >= 0.6 is 0 Å². The number of hydrogen-bond donors (Lipinski definition) is 2. The fourth-order valence-corrected chi connectivity index (χ4v) is 1.22. The summed E-state index contributed by atoms with van der Waals surface area (Å²) in [5, 5.41) is 6.20. The van der Waals surface area contributed by atoms with Gasteiger partial charge < -0.3 is 5.73 Å². The Morgan fingerprint density at radius 1 is 1.43 bits per heavy atom. The predicted octanol–water partition coefficient (Wildman–Crippen LogP) is 1.50. The van der Waals surface area contributed by atoms with E-state index in [1.165, 1.54) is 6.07 Å². The van der Waals surface area contributed by atoms with Crippen molar-refractivity contribution in [1.29, 1.82) is 0 Å². The Bertz CT molecular complexity index is 464. The van der Waals surface area contributed by atoms with E-state index < -0.39 is 0 Å². The Hall–Kier alpha value is -1.91. The number of halogens is 1. The van der Waals surface area contributed by atoms with Crippen LogP contribution < -0.4 is 5.73 Å². The van der Waals surface area contributed by atoms with E-state index in [2.05, 4.69) is 15.2 Å². The Balaban J connectivity index is 2.55. The molecule has 0 aliphatic heterocycles. The summed E-state index contributed by atoms with van der Waals surface area (Å²) in [5.74, 6) is 0.122. The quantitative estimate of drug-likeness (QED) is 0.719. The van der Waals surface area contributed by atoms with Crippen LogP contribution in [0.4, 0.5) is 10.3 Å². The van der Waals surface area contributed by atoms with E-state index in [4.69, 9.17) is 5.73 Å². The Kier molecular flexibility index (Phi) is 1.92. The Morgan fingerprint density at radius 3 is 2.86 bits per heavy atom. The molecule has 2 aromatic rings. The first kappa shape index (κ1) is 8.68. The molecule has 4 nitrogen and oxygen atoms in total. The van der Waals surface area contributed by atoms with Crippen LogP contribution in [-0.4, -0.2) is 15.2 Å². The topological polar surface area (TPSA) is 67.6 Å². The highest BCUT2D eigenvalue weighted by Crippen LogP contribution is 2.20. The van der Waals surface area contributed by atoms with E-state index in [0.717, 1.165) is 5.56 Å². The molecule has 0 aliphatic rings. The number of nitrogens with two attached hydrogens (primary N) is 1. The van der Waals surface area contributed by atoms with Crippen molar-refractivity contribution in [3.05, 3.63) is 29.6 Å². The van der Waals surface area contributed by atoms with Crippen LogP contribution in [0.25, 0.3) is 11.4 Å². The summed E-state index contributed by atoms with van der Waals surface area (Å²) in [6.07, 6.45) is 0. The normalized spacial score (nSPS) is 10.4. The summed E-state index contributed by atoms with van der Waals surface area (Å²) in [5.41, 5.74) is 6.67. The molecular weight excluding hydrogens is 183 g/mol. The summed E-state index contributed by atoms with van der Waals surface area (Å²) in [6, 6.07) is 4.78. The molecule has 14 heavy (non-hydrogen) atoms. The van der Waals surface area contributed by atoms with Gasteiger partial charge in [-0.25, -0.2) is 4.39 Å². The number of hydrogen-bond acceptors (Lipinski definition) is 3. The maximum Gasteiger partial charge on any atom is 0.239 e. The molecule has 0 fully saturated rings. The highest BCUT2D eigenvalue weighted by atomic mass is 19.1. The maximum atomic E-state index is 13.3. The lowest BCUT2D eigenvalue weighted by Crippen LogP contribution is -1.88. The van der Waals surface area contributed by atoms with E-state index in [-0.39, 0.29) is 11.8 Å². The zero-order valence-corrected chi connectivity index (χ0v) is 7.58. The first-order chi connectivity index (χ1) is 6.66. The van der Waals surface area contributed by atoms with E-state index in [0.29, 0.717) is 11.4 Å². The van der Waals surface area contributed by atoms with Crippen molar-refractivity contribution in [2.75, 3.05) is 5.73 Å². The molecule has 0 spiro atoms. The molecule has 2 rings (SSSR count). The monoisotopic (exact) mass is 192 g/mol. The smallest absolute Gasteiger partial charge is 0.239 e. The second-order valence-corrected chi connectivity index (χ2v) is 3.03. The average Bonchev–Trinajstić information content (AvgIpc) is 2.56. The summed E-state index contributed by atoms with van der Waals surface area (Å²) in [7, 11) is 0. The van der Waals surface area contributed by atoms with Gasteiger partial charge in [-0.3, -0.25) is 5.10 Å². The highest BCUT2D eigenvalue weighted by molar-refractivity contribution is 5.57. The van der Waals surface area contributed by atoms with Crippen molar-refractivity contribution < 1.29 is 4.39 Å². The molecule has 0 saturated carbocycles. The first-order valence-corrected chi connectivity index (χ1v) is 4.11. The summed E-state index contributed by atoms with van der Waals surface area (Å²) < 4.78 is 13.3. The fraction of sp³-hybridized carbons (Fsp3) is 0.111. The van der Waals surface area contributed by atoms with Crippen LogP contribution in [0.1, 0.15) is 5.56 Å². The molecule has 3 N–H and O–H groups in total. The van der Waals surface area contributed by atoms with E-state index in [1.54, 1.807) is 12.1 Å². The summed E-state index contributed by atoms with van der Waals surface area (Å²) in [6.45, 7) is 1.88. The van der Waals surface area contributed by atoms with Gasteiger partial charge in [0.25, 0.3) is 0 Å². The summed E-state index contributed by atoms with van der Waals surface area (Å²) >= 11 is 0. The minimum absolute atomic E-state index is 0.112. The standard InChI is InChI=1S/C9H9FN4/c1-5-2-3-7(10)6(4-5)8-12-9(11)14-13-8/h2-4H,1H3,(H3,11,12,13,14). The third kappa shape index (κ3) is 1.44. The zero-order valence-electron chi connectivity index (χ0n) is 7.58. The van der Waals surface area contributed by atoms with Crippen LogP contribution in [0, 0.1) is 12.7 Å².